The zero-order chi connectivity index (χ0) is 8.28. The molecule has 2 heteroatoms. The van der Waals surface area contributed by atoms with Crippen molar-refractivity contribution in [3.63, 3.8) is 0 Å². The van der Waals surface area contributed by atoms with Crippen LogP contribution in [0.4, 0.5) is 0 Å². The van der Waals surface area contributed by atoms with Crippen molar-refractivity contribution in [3.8, 4) is 0 Å². The fourth-order valence-corrected chi connectivity index (χ4v) is 2.37. The van der Waals surface area contributed by atoms with Gasteiger partial charge in [-0.05, 0) is 37.5 Å². The largest absolute Gasteiger partial charge is 0.381 e. The van der Waals surface area contributed by atoms with Gasteiger partial charge < -0.3 is 9.47 Å². The summed E-state index contributed by atoms with van der Waals surface area (Å²) in [6, 6.07) is 0. The minimum Gasteiger partial charge on any atom is -0.381 e. The summed E-state index contributed by atoms with van der Waals surface area (Å²) in [4.78, 5) is 0. The number of rotatable bonds is 0. The lowest BCUT2D eigenvalue weighted by Gasteiger charge is -2.35. The Balaban J connectivity index is 1.95. The van der Waals surface area contributed by atoms with Gasteiger partial charge in [-0.2, -0.15) is 0 Å². The lowest BCUT2D eigenvalue weighted by atomic mass is 9.74. The predicted octanol–water partition coefficient (Wildman–Crippen LogP) is 1.98. The zero-order valence-corrected chi connectivity index (χ0v) is 7.68. The molecule has 12 heavy (non-hydrogen) atoms. The summed E-state index contributed by atoms with van der Waals surface area (Å²) in [5.74, 6) is 0. The van der Waals surface area contributed by atoms with Crippen LogP contribution in [0.15, 0.2) is 0 Å². The van der Waals surface area contributed by atoms with E-state index in [0.717, 1.165) is 26.4 Å². The van der Waals surface area contributed by atoms with E-state index in [4.69, 9.17) is 9.47 Å². The van der Waals surface area contributed by atoms with Crippen LogP contribution in [0.5, 0.6) is 0 Å². The lowest BCUT2D eigenvalue weighted by Crippen LogP contribution is -2.29. The van der Waals surface area contributed by atoms with Crippen molar-refractivity contribution in [2.75, 3.05) is 26.4 Å². The van der Waals surface area contributed by atoms with E-state index in [9.17, 15) is 0 Å². The van der Waals surface area contributed by atoms with Crippen LogP contribution in [0, 0.1) is 5.41 Å². The average molecular weight is 170 g/mol. The SMILES string of the molecule is C1COCCC2(C1)CCOCC2. The summed E-state index contributed by atoms with van der Waals surface area (Å²) in [5, 5.41) is 0. The Hall–Kier alpha value is -0.0800. The van der Waals surface area contributed by atoms with Gasteiger partial charge in [0.15, 0.2) is 0 Å². The van der Waals surface area contributed by atoms with E-state index < -0.39 is 0 Å². The first-order chi connectivity index (χ1) is 5.91. The van der Waals surface area contributed by atoms with E-state index in [1.807, 2.05) is 0 Å². The average Bonchev–Trinajstić information content (AvgIpc) is 2.33. The molecule has 0 aromatic carbocycles. The van der Waals surface area contributed by atoms with Crippen LogP contribution < -0.4 is 0 Å². The molecule has 0 radical (unpaired) electrons. The summed E-state index contributed by atoms with van der Waals surface area (Å²) in [5.41, 5.74) is 0.592. The van der Waals surface area contributed by atoms with E-state index in [1.54, 1.807) is 0 Å². The fraction of sp³-hybridized carbons (Fsp3) is 1.00. The highest BCUT2D eigenvalue weighted by molar-refractivity contribution is 4.82. The minimum atomic E-state index is 0.592. The van der Waals surface area contributed by atoms with Crippen LogP contribution in [-0.4, -0.2) is 26.4 Å². The minimum absolute atomic E-state index is 0.592. The maximum Gasteiger partial charge on any atom is 0.0471 e. The van der Waals surface area contributed by atoms with Crippen LogP contribution in [0.1, 0.15) is 32.1 Å². The Bertz CT molecular complexity index is 129. The fourth-order valence-electron chi connectivity index (χ4n) is 2.37. The highest BCUT2D eigenvalue weighted by atomic mass is 16.5. The van der Waals surface area contributed by atoms with Crippen molar-refractivity contribution in [2.45, 2.75) is 32.1 Å². The summed E-state index contributed by atoms with van der Waals surface area (Å²) in [6.45, 7) is 3.89. The smallest absolute Gasteiger partial charge is 0.0471 e. The molecule has 0 aliphatic carbocycles. The lowest BCUT2D eigenvalue weighted by molar-refractivity contribution is 0.00379. The molecular formula is C10H18O2. The molecule has 0 atom stereocenters. The van der Waals surface area contributed by atoms with Crippen molar-refractivity contribution < 1.29 is 9.47 Å². The van der Waals surface area contributed by atoms with Crippen molar-refractivity contribution >= 4 is 0 Å². The van der Waals surface area contributed by atoms with Crippen LogP contribution in [-0.2, 0) is 9.47 Å². The van der Waals surface area contributed by atoms with Gasteiger partial charge in [0.25, 0.3) is 0 Å². The monoisotopic (exact) mass is 170 g/mol. The molecule has 2 aliphatic rings. The Morgan fingerprint density at radius 1 is 0.667 bits per heavy atom. The van der Waals surface area contributed by atoms with Gasteiger partial charge in [0, 0.05) is 26.4 Å². The van der Waals surface area contributed by atoms with E-state index in [-0.39, 0.29) is 0 Å². The Morgan fingerprint density at radius 3 is 1.92 bits per heavy atom. The molecule has 0 unspecified atom stereocenters. The van der Waals surface area contributed by atoms with Gasteiger partial charge in [-0.3, -0.25) is 0 Å². The molecule has 1 spiro atoms. The maximum atomic E-state index is 5.48. The normalized spacial score (nSPS) is 30.0. The third-order valence-electron chi connectivity index (χ3n) is 3.33. The molecule has 0 aromatic rings. The first-order valence-electron chi connectivity index (χ1n) is 5.07. The van der Waals surface area contributed by atoms with E-state index in [0.29, 0.717) is 5.41 Å². The van der Waals surface area contributed by atoms with E-state index in [1.165, 1.54) is 32.1 Å². The molecule has 0 amide bonds. The predicted molar refractivity (Wildman–Crippen MR) is 47.2 cm³/mol. The second kappa shape index (κ2) is 3.75. The number of ether oxygens (including phenoxy) is 2. The molecule has 2 heterocycles. The molecule has 2 saturated heterocycles. The van der Waals surface area contributed by atoms with Crippen LogP contribution in [0.25, 0.3) is 0 Å². The second-order valence-electron chi connectivity index (χ2n) is 4.08. The number of hydrogen-bond acceptors (Lipinski definition) is 2. The van der Waals surface area contributed by atoms with Gasteiger partial charge in [-0.25, -0.2) is 0 Å². The summed E-state index contributed by atoms with van der Waals surface area (Å²) in [7, 11) is 0. The van der Waals surface area contributed by atoms with Crippen molar-refractivity contribution in [1.82, 2.24) is 0 Å². The zero-order valence-electron chi connectivity index (χ0n) is 7.68. The number of hydrogen-bond donors (Lipinski definition) is 0. The first-order valence-corrected chi connectivity index (χ1v) is 5.07. The second-order valence-corrected chi connectivity index (χ2v) is 4.08. The highest BCUT2D eigenvalue weighted by Crippen LogP contribution is 2.39. The highest BCUT2D eigenvalue weighted by Gasteiger charge is 2.32. The molecule has 2 fully saturated rings. The third kappa shape index (κ3) is 1.80. The van der Waals surface area contributed by atoms with Crippen molar-refractivity contribution in [1.29, 1.82) is 0 Å². The quantitative estimate of drug-likeness (QED) is 0.553. The summed E-state index contributed by atoms with van der Waals surface area (Å²) >= 11 is 0. The van der Waals surface area contributed by atoms with Crippen molar-refractivity contribution in [2.24, 2.45) is 5.41 Å². The van der Waals surface area contributed by atoms with Gasteiger partial charge in [0.05, 0.1) is 0 Å². The molecule has 2 rings (SSSR count). The van der Waals surface area contributed by atoms with Crippen LogP contribution in [0.2, 0.25) is 0 Å². The van der Waals surface area contributed by atoms with E-state index >= 15 is 0 Å². The molecule has 2 nitrogen and oxygen atoms in total. The molecule has 0 bridgehead atoms. The van der Waals surface area contributed by atoms with E-state index in [2.05, 4.69) is 0 Å². The third-order valence-corrected chi connectivity index (χ3v) is 3.33. The van der Waals surface area contributed by atoms with Gasteiger partial charge in [0.1, 0.15) is 0 Å². The van der Waals surface area contributed by atoms with Gasteiger partial charge in [-0.1, -0.05) is 0 Å². The molecular weight excluding hydrogens is 152 g/mol. The molecule has 0 saturated carbocycles. The Morgan fingerprint density at radius 2 is 1.25 bits per heavy atom. The maximum absolute atomic E-state index is 5.48. The Kier molecular flexibility index (Phi) is 2.66. The first kappa shape index (κ1) is 8.52. The molecule has 2 aliphatic heterocycles. The summed E-state index contributed by atoms with van der Waals surface area (Å²) in [6.07, 6.45) is 6.39. The van der Waals surface area contributed by atoms with Crippen LogP contribution in [0.3, 0.4) is 0 Å². The topological polar surface area (TPSA) is 18.5 Å². The Labute approximate surface area is 74.2 Å². The van der Waals surface area contributed by atoms with Gasteiger partial charge in [-0.15, -0.1) is 0 Å². The van der Waals surface area contributed by atoms with Crippen LogP contribution >= 0.6 is 0 Å². The standard InChI is InChI=1S/C10H18O2/c1-2-10(3-7-11-6-1)4-8-12-9-5-10/h1-9H2. The molecule has 0 N–H and O–H groups in total. The summed E-state index contributed by atoms with van der Waals surface area (Å²) < 4.78 is 10.9. The van der Waals surface area contributed by atoms with Gasteiger partial charge in [0.2, 0.25) is 0 Å². The van der Waals surface area contributed by atoms with Gasteiger partial charge >= 0.3 is 0 Å². The molecule has 70 valence electrons. The van der Waals surface area contributed by atoms with Crippen molar-refractivity contribution in [3.05, 3.63) is 0 Å². The molecule has 0 aromatic heterocycles.